The molecule has 0 saturated heterocycles. The highest BCUT2D eigenvalue weighted by atomic mass is 16.5. The number of ether oxygens (including phenoxy) is 3. The number of fused-ring (bicyclic) bond motifs is 3. The molecule has 0 aliphatic rings. The van der Waals surface area contributed by atoms with E-state index in [9.17, 15) is 9.59 Å². The molecule has 180 valence electrons. The summed E-state index contributed by atoms with van der Waals surface area (Å²) in [4.78, 5) is 26.2. The highest BCUT2D eigenvalue weighted by Gasteiger charge is 2.25. The topological polar surface area (TPSA) is 66.8 Å². The van der Waals surface area contributed by atoms with E-state index in [1.807, 2.05) is 61.5 Å². The van der Waals surface area contributed by atoms with Crippen molar-refractivity contribution < 1.29 is 23.8 Å². The van der Waals surface area contributed by atoms with Crippen LogP contribution in [0, 0.1) is 6.92 Å². The minimum atomic E-state index is -0.501. The highest BCUT2D eigenvalue weighted by molar-refractivity contribution is 6.17. The van der Waals surface area contributed by atoms with Crippen LogP contribution in [-0.4, -0.2) is 30.2 Å². The number of esters is 2. The van der Waals surface area contributed by atoms with Crippen molar-refractivity contribution in [2.24, 2.45) is 0 Å². The van der Waals surface area contributed by atoms with Crippen molar-refractivity contribution in [2.45, 2.75) is 13.8 Å². The summed E-state index contributed by atoms with van der Waals surface area (Å²) in [6.45, 7) is 3.93. The quantitative estimate of drug-likeness (QED) is 0.206. The predicted octanol–water partition coefficient (Wildman–Crippen LogP) is 6.50. The number of rotatable bonds is 6. The molecule has 0 N–H and O–H groups in total. The lowest BCUT2D eigenvalue weighted by molar-refractivity contribution is 0.0527. The van der Waals surface area contributed by atoms with Gasteiger partial charge >= 0.3 is 11.9 Å². The van der Waals surface area contributed by atoms with E-state index < -0.39 is 11.9 Å². The minimum absolute atomic E-state index is 0.253. The largest absolute Gasteiger partial charge is 0.497 e. The molecular weight excluding hydrogens is 454 g/mol. The van der Waals surface area contributed by atoms with Gasteiger partial charge in [-0.15, -0.1) is 0 Å². The van der Waals surface area contributed by atoms with Crippen molar-refractivity contribution in [3.8, 4) is 17.2 Å². The fourth-order valence-corrected chi connectivity index (χ4v) is 4.56. The lowest BCUT2D eigenvalue weighted by Gasteiger charge is -2.13. The van der Waals surface area contributed by atoms with Gasteiger partial charge in [0.1, 0.15) is 11.5 Å². The lowest BCUT2D eigenvalue weighted by atomic mass is 10.0. The number of nitrogens with zero attached hydrogens (tertiary/aromatic N) is 1. The molecule has 5 rings (SSSR count). The molecule has 4 aromatic carbocycles. The van der Waals surface area contributed by atoms with Crippen molar-refractivity contribution in [1.82, 2.24) is 4.57 Å². The molecule has 6 nitrogen and oxygen atoms in total. The maximum Gasteiger partial charge on any atom is 0.343 e. The number of aromatic nitrogens is 1. The summed E-state index contributed by atoms with van der Waals surface area (Å²) in [6.07, 6.45) is 0. The summed E-state index contributed by atoms with van der Waals surface area (Å²) in [6, 6.07) is 26.0. The number of hydrogen-bond acceptors (Lipinski definition) is 5. The van der Waals surface area contributed by atoms with Gasteiger partial charge in [-0.2, -0.15) is 0 Å². The van der Waals surface area contributed by atoms with E-state index in [1.54, 1.807) is 44.4 Å². The lowest BCUT2D eigenvalue weighted by Crippen LogP contribution is -2.09. The zero-order chi connectivity index (χ0) is 25.2. The number of carbonyl (C=O) groups is 2. The molecule has 0 atom stereocenters. The van der Waals surface area contributed by atoms with Crippen LogP contribution >= 0.6 is 0 Å². The molecule has 5 aromatic rings. The maximum absolute atomic E-state index is 13.1. The second-order valence-corrected chi connectivity index (χ2v) is 8.29. The maximum atomic E-state index is 13.1. The molecule has 6 heteroatoms. The second-order valence-electron chi connectivity index (χ2n) is 8.29. The van der Waals surface area contributed by atoms with Gasteiger partial charge in [-0.25, -0.2) is 9.59 Å². The number of hydrogen-bond donors (Lipinski definition) is 0. The normalized spacial score (nSPS) is 11.0. The van der Waals surface area contributed by atoms with Crippen molar-refractivity contribution in [2.75, 3.05) is 13.7 Å². The Morgan fingerprint density at radius 1 is 0.806 bits per heavy atom. The van der Waals surface area contributed by atoms with Crippen LogP contribution in [0.25, 0.3) is 27.4 Å². The second kappa shape index (κ2) is 9.58. The number of para-hydroxylation sites is 1. The Kier molecular flexibility index (Phi) is 6.17. The van der Waals surface area contributed by atoms with Crippen LogP contribution in [0.2, 0.25) is 0 Å². The Bertz CT molecular complexity index is 1580. The summed E-state index contributed by atoms with van der Waals surface area (Å²) < 4.78 is 18.6. The molecule has 0 amide bonds. The summed E-state index contributed by atoms with van der Waals surface area (Å²) in [5.41, 5.74) is 3.36. The van der Waals surface area contributed by atoms with Crippen molar-refractivity contribution in [3.05, 3.63) is 102 Å². The van der Waals surface area contributed by atoms with Gasteiger partial charge in [0.15, 0.2) is 0 Å². The van der Waals surface area contributed by atoms with Gasteiger partial charge in [0.2, 0.25) is 0 Å². The molecule has 0 bridgehead atoms. The third kappa shape index (κ3) is 3.96. The van der Waals surface area contributed by atoms with Crippen LogP contribution in [0.15, 0.2) is 84.9 Å². The summed E-state index contributed by atoms with van der Waals surface area (Å²) in [7, 11) is 1.57. The van der Waals surface area contributed by atoms with E-state index in [2.05, 4.69) is 4.57 Å². The third-order valence-corrected chi connectivity index (χ3v) is 6.19. The SMILES string of the molecule is CCOC(=O)c1c(C)n(-c2ccccc2)c2c1cc(OC(=O)c1ccc(OC)cc1)c1ccccc12. The monoisotopic (exact) mass is 479 g/mol. The van der Waals surface area contributed by atoms with Gasteiger partial charge in [-0.05, 0) is 56.3 Å². The molecular formula is C30H25NO5. The molecule has 0 spiro atoms. The number of methoxy groups -OCH3 is 1. The molecule has 0 unspecified atom stereocenters. The molecule has 0 fully saturated rings. The predicted molar refractivity (Wildman–Crippen MR) is 139 cm³/mol. The molecule has 0 radical (unpaired) electrons. The first-order chi connectivity index (χ1) is 17.5. The molecule has 0 aliphatic heterocycles. The summed E-state index contributed by atoms with van der Waals surface area (Å²) in [5.74, 6) is 0.0985. The first-order valence-corrected chi connectivity index (χ1v) is 11.7. The minimum Gasteiger partial charge on any atom is -0.497 e. The van der Waals surface area contributed by atoms with Crippen LogP contribution in [0.3, 0.4) is 0 Å². The van der Waals surface area contributed by atoms with Crippen LogP contribution in [0.5, 0.6) is 11.5 Å². The summed E-state index contributed by atoms with van der Waals surface area (Å²) >= 11 is 0. The Morgan fingerprint density at radius 2 is 1.47 bits per heavy atom. The standard InChI is InChI=1S/C30H25NO5/c1-4-35-30(33)27-19(2)31(21-10-6-5-7-11-21)28-24-13-9-8-12-23(24)26(18-25(27)28)36-29(32)20-14-16-22(34-3)17-15-20/h5-18H,4H2,1-3H3. The van der Waals surface area contributed by atoms with Crippen molar-refractivity contribution in [1.29, 1.82) is 0 Å². The fourth-order valence-electron chi connectivity index (χ4n) is 4.56. The fraction of sp³-hybridized carbons (Fsp3) is 0.133. The Balaban J connectivity index is 1.75. The van der Waals surface area contributed by atoms with E-state index >= 15 is 0 Å². The molecule has 0 aliphatic carbocycles. The van der Waals surface area contributed by atoms with Gasteiger partial charge in [-0.3, -0.25) is 0 Å². The average Bonchev–Trinajstić information content (AvgIpc) is 3.21. The van der Waals surface area contributed by atoms with Gasteiger partial charge in [0.25, 0.3) is 0 Å². The van der Waals surface area contributed by atoms with E-state index in [-0.39, 0.29) is 6.61 Å². The van der Waals surface area contributed by atoms with Gasteiger partial charge in [-0.1, -0.05) is 42.5 Å². The molecule has 1 heterocycles. The molecule has 1 aromatic heterocycles. The Morgan fingerprint density at radius 3 is 2.14 bits per heavy atom. The van der Waals surface area contributed by atoms with E-state index in [4.69, 9.17) is 14.2 Å². The Hall–Kier alpha value is -4.58. The smallest absolute Gasteiger partial charge is 0.343 e. The number of benzene rings is 4. The van der Waals surface area contributed by atoms with E-state index in [1.165, 1.54) is 0 Å². The van der Waals surface area contributed by atoms with Crippen LogP contribution in [-0.2, 0) is 4.74 Å². The average molecular weight is 480 g/mol. The van der Waals surface area contributed by atoms with Crippen molar-refractivity contribution in [3.63, 3.8) is 0 Å². The van der Waals surface area contributed by atoms with E-state index in [0.29, 0.717) is 28.0 Å². The van der Waals surface area contributed by atoms with Crippen molar-refractivity contribution >= 4 is 33.6 Å². The highest BCUT2D eigenvalue weighted by Crippen LogP contribution is 2.40. The van der Waals surface area contributed by atoms with Gasteiger partial charge in [0.05, 0.1) is 30.4 Å². The number of carbonyl (C=O) groups excluding carboxylic acids is 2. The molecule has 0 saturated carbocycles. The first-order valence-electron chi connectivity index (χ1n) is 11.7. The van der Waals surface area contributed by atoms with Crippen LogP contribution in [0.4, 0.5) is 0 Å². The molecule has 36 heavy (non-hydrogen) atoms. The van der Waals surface area contributed by atoms with Crippen LogP contribution in [0.1, 0.15) is 33.3 Å². The Labute approximate surface area is 208 Å². The summed E-state index contributed by atoms with van der Waals surface area (Å²) in [5, 5.41) is 2.28. The van der Waals surface area contributed by atoms with E-state index in [0.717, 1.165) is 27.7 Å². The first kappa shape index (κ1) is 23.2. The zero-order valence-corrected chi connectivity index (χ0v) is 20.3. The zero-order valence-electron chi connectivity index (χ0n) is 20.3. The van der Waals surface area contributed by atoms with Gasteiger partial charge in [0, 0.05) is 27.5 Å². The van der Waals surface area contributed by atoms with Gasteiger partial charge < -0.3 is 18.8 Å². The third-order valence-electron chi connectivity index (χ3n) is 6.19. The van der Waals surface area contributed by atoms with Crippen LogP contribution < -0.4 is 9.47 Å².